The molecule has 0 unspecified atom stereocenters. The van der Waals surface area contributed by atoms with E-state index in [1.807, 2.05) is 25.1 Å². The van der Waals surface area contributed by atoms with Gasteiger partial charge in [0.1, 0.15) is 0 Å². The maximum absolute atomic E-state index is 12.3. The maximum atomic E-state index is 12.3. The minimum absolute atomic E-state index is 0.216. The second kappa shape index (κ2) is 8.22. The first-order valence-electron chi connectivity index (χ1n) is 7.08. The van der Waals surface area contributed by atoms with Gasteiger partial charge in [-0.15, -0.1) is 0 Å². The van der Waals surface area contributed by atoms with Crippen LogP contribution in [0.2, 0.25) is 5.02 Å². The van der Waals surface area contributed by atoms with Gasteiger partial charge in [0.25, 0.3) is 5.91 Å². The van der Waals surface area contributed by atoms with Crippen LogP contribution in [0, 0.1) is 0 Å². The molecule has 0 fully saturated rings. The molecule has 0 heterocycles. The Morgan fingerprint density at radius 2 is 2.04 bits per heavy atom. The number of benzene rings is 2. The van der Waals surface area contributed by atoms with E-state index in [1.165, 1.54) is 7.11 Å². The zero-order chi connectivity index (χ0) is 16.8. The Labute approximate surface area is 148 Å². The lowest BCUT2D eigenvalue weighted by atomic mass is 10.1. The predicted molar refractivity (Wildman–Crippen MR) is 94.5 cm³/mol. The van der Waals surface area contributed by atoms with Gasteiger partial charge in [0.15, 0.2) is 11.5 Å². The van der Waals surface area contributed by atoms with Crippen molar-refractivity contribution in [2.75, 3.05) is 13.7 Å². The lowest BCUT2D eigenvalue weighted by Crippen LogP contribution is -2.23. The summed E-state index contributed by atoms with van der Waals surface area (Å²) in [5.74, 6) is 0.869. The minimum Gasteiger partial charge on any atom is -0.493 e. The first kappa shape index (κ1) is 17.6. The van der Waals surface area contributed by atoms with Crippen molar-refractivity contribution in [3.05, 3.63) is 57.0 Å². The van der Waals surface area contributed by atoms with Crippen molar-refractivity contribution in [2.45, 2.75) is 13.5 Å². The van der Waals surface area contributed by atoms with Gasteiger partial charge in [0.2, 0.25) is 0 Å². The van der Waals surface area contributed by atoms with Gasteiger partial charge in [-0.1, -0.05) is 29.8 Å². The molecule has 2 aromatic rings. The van der Waals surface area contributed by atoms with E-state index in [0.717, 1.165) is 5.56 Å². The molecular formula is C17H17BrClNO3. The molecule has 0 atom stereocenters. The van der Waals surface area contributed by atoms with Crippen molar-refractivity contribution in [2.24, 2.45) is 0 Å². The fourth-order valence-electron chi connectivity index (χ4n) is 2.05. The van der Waals surface area contributed by atoms with E-state index in [-0.39, 0.29) is 5.91 Å². The summed E-state index contributed by atoms with van der Waals surface area (Å²) in [6, 6.07) is 10.7. The smallest absolute Gasteiger partial charge is 0.251 e. The number of amides is 1. The summed E-state index contributed by atoms with van der Waals surface area (Å²) >= 11 is 9.50. The largest absolute Gasteiger partial charge is 0.493 e. The van der Waals surface area contributed by atoms with Gasteiger partial charge in [0.05, 0.1) is 18.2 Å². The standard InChI is InChI=1S/C17H17BrClNO3/c1-3-23-16-13(18)8-12(9-15(16)22-2)17(21)20-10-11-6-4-5-7-14(11)19/h4-9H,3,10H2,1-2H3,(H,20,21). The zero-order valence-electron chi connectivity index (χ0n) is 12.9. The summed E-state index contributed by atoms with van der Waals surface area (Å²) in [5, 5.41) is 3.47. The van der Waals surface area contributed by atoms with Crippen LogP contribution >= 0.6 is 27.5 Å². The van der Waals surface area contributed by atoms with Crippen LogP contribution in [-0.4, -0.2) is 19.6 Å². The quantitative estimate of drug-likeness (QED) is 0.782. The highest BCUT2D eigenvalue weighted by Crippen LogP contribution is 2.36. The SMILES string of the molecule is CCOc1c(Br)cc(C(=O)NCc2ccccc2Cl)cc1OC. The van der Waals surface area contributed by atoms with Crippen LogP contribution in [0.1, 0.15) is 22.8 Å². The molecule has 4 nitrogen and oxygen atoms in total. The van der Waals surface area contributed by atoms with E-state index < -0.39 is 0 Å². The van der Waals surface area contributed by atoms with Crippen LogP contribution in [0.4, 0.5) is 0 Å². The average molecular weight is 399 g/mol. The van der Waals surface area contributed by atoms with E-state index in [0.29, 0.717) is 39.7 Å². The number of halogens is 2. The second-order valence-electron chi connectivity index (χ2n) is 4.70. The summed E-state index contributed by atoms with van der Waals surface area (Å²) in [5.41, 5.74) is 1.34. The topological polar surface area (TPSA) is 47.6 Å². The number of rotatable bonds is 6. The minimum atomic E-state index is -0.216. The van der Waals surface area contributed by atoms with E-state index in [1.54, 1.807) is 18.2 Å². The van der Waals surface area contributed by atoms with E-state index >= 15 is 0 Å². The Kier molecular flexibility index (Phi) is 6.30. The molecule has 0 aliphatic heterocycles. The summed E-state index contributed by atoms with van der Waals surface area (Å²) in [4.78, 5) is 12.3. The Bertz CT molecular complexity index is 706. The molecule has 1 N–H and O–H groups in total. The molecule has 0 saturated heterocycles. The fraction of sp³-hybridized carbons (Fsp3) is 0.235. The molecule has 0 radical (unpaired) electrons. The molecule has 0 aliphatic rings. The summed E-state index contributed by atoms with van der Waals surface area (Å²) in [6.45, 7) is 2.74. The lowest BCUT2D eigenvalue weighted by Gasteiger charge is -2.13. The molecule has 2 rings (SSSR count). The number of carbonyl (C=O) groups is 1. The summed E-state index contributed by atoms with van der Waals surface area (Å²) < 4.78 is 11.5. The molecule has 23 heavy (non-hydrogen) atoms. The molecule has 122 valence electrons. The van der Waals surface area contributed by atoms with Crippen molar-refractivity contribution in [1.29, 1.82) is 0 Å². The van der Waals surface area contributed by atoms with Gasteiger partial charge in [0, 0.05) is 17.1 Å². The zero-order valence-corrected chi connectivity index (χ0v) is 15.2. The number of hydrogen-bond acceptors (Lipinski definition) is 3. The number of carbonyl (C=O) groups excluding carboxylic acids is 1. The van der Waals surface area contributed by atoms with Gasteiger partial charge in [-0.3, -0.25) is 4.79 Å². The van der Waals surface area contributed by atoms with Crippen LogP contribution < -0.4 is 14.8 Å². The molecule has 0 bridgehead atoms. The Morgan fingerprint density at radius 3 is 2.70 bits per heavy atom. The Hall–Kier alpha value is -1.72. The van der Waals surface area contributed by atoms with Gasteiger partial charge in [-0.2, -0.15) is 0 Å². The Morgan fingerprint density at radius 1 is 1.30 bits per heavy atom. The van der Waals surface area contributed by atoms with E-state index in [2.05, 4.69) is 21.2 Å². The van der Waals surface area contributed by atoms with Crippen LogP contribution in [-0.2, 0) is 6.54 Å². The third-order valence-corrected chi connectivity index (χ3v) is 4.14. The first-order chi connectivity index (χ1) is 11.1. The van der Waals surface area contributed by atoms with E-state index in [4.69, 9.17) is 21.1 Å². The van der Waals surface area contributed by atoms with Crippen molar-refractivity contribution in [3.63, 3.8) is 0 Å². The van der Waals surface area contributed by atoms with Crippen molar-refractivity contribution < 1.29 is 14.3 Å². The highest BCUT2D eigenvalue weighted by Gasteiger charge is 2.15. The molecule has 0 aromatic heterocycles. The van der Waals surface area contributed by atoms with Gasteiger partial charge in [-0.25, -0.2) is 0 Å². The first-order valence-corrected chi connectivity index (χ1v) is 8.25. The molecule has 1 amide bonds. The van der Waals surface area contributed by atoms with Crippen LogP contribution in [0.5, 0.6) is 11.5 Å². The highest BCUT2D eigenvalue weighted by atomic mass is 79.9. The van der Waals surface area contributed by atoms with Crippen molar-refractivity contribution >= 4 is 33.4 Å². The van der Waals surface area contributed by atoms with Gasteiger partial charge < -0.3 is 14.8 Å². The third kappa shape index (κ3) is 4.39. The normalized spacial score (nSPS) is 10.3. The highest BCUT2D eigenvalue weighted by molar-refractivity contribution is 9.10. The van der Waals surface area contributed by atoms with Crippen LogP contribution in [0.3, 0.4) is 0 Å². The van der Waals surface area contributed by atoms with Crippen LogP contribution in [0.15, 0.2) is 40.9 Å². The fourth-order valence-corrected chi connectivity index (χ4v) is 2.81. The van der Waals surface area contributed by atoms with E-state index in [9.17, 15) is 4.79 Å². The number of methoxy groups -OCH3 is 1. The third-order valence-electron chi connectivity index (χ3n) is 3.18. The maximum Gasteiger partial charge on any atom is 0.251 e. The number of hydrogen-bond donors (Lipinski definition) is 1. The van der Waals surface area contributed by atoms with Crippen LogP contribution in [0.25, 0.3) is 0 Å². The van der Waals surface area contributed by atoms with Crippen molar-refractivity contribution in [3.8, 4) is 11.5 Å². The Balaban J connectivity index is 2.16. The summed E-state index contributed by atoms with van der Waals surface area (Å²) in [6.07, 6.45) is 0. The van der Waals surface area contributed by atoms with Gasteiger partial charge in [-0.05, 0) is 46.6 Å². The lowest BCUT2D eigenvalue weighted by molar-refractivity contribution is 0.0950. The summed E-state index contributed by atoms with van der Waals surface area (Å²) in [7, 11) is 1.54. The molecule has 2 aromatic carbocycles. The number of ether oxygens (including phenoxy) is 2. The molecule has 0 saturated carbocycles. The average Bonchev–Trinajstić information content (AvgIpc) is 2.55. The molecule has 0 spiro atoms. The molecular weight excluding hydrogens is 382 g/mol. The molecule has 6 heteroatoms. The monoisotopic (exact) mass is 397 g/mol. The van der Waals surface area contributed by atoms with Crippen molar-refractivity contribution in [1.82, 2.24) is 5.32 Å². The second-order valence-corrected chi connectivity index (χ2v) is 5.96. The van der Waals surface area contributed by atoms with Gasteiger partial charge >= 0.3 is 0 Å². The predicted octanol–water partition coefficient (Wildman–Crippen LogP) is 4.44. The molecule has 0 aliphatic carbocycles. The number of nitrogens with one attached hydrogen (secondary N) is 1.